The van der Waals surface area contributed by atoms with E-state index < -0.39 is 12.9 Å². The highest BCUT2D eigenvalue weighted by atomic mass is 19.2. The van der Waals surface area contributed by atoms with Gasteiger partial charge in [0.05, 0.1) is 5.57 Å². The van der Waals surface area contributed by atoms with E-state index in [0.29, 0.717) is 41.2 Å². The Morgan fingerprint density at radius 2 is 1.74 bits per heavy atom. The van der Waals surface area contributed by atoms with Crippen LogP contribution >= 0.6 is 0 Å². The van der Waals surface area contributed by atoms with Gasteiger partial charge in [-0.25, -0.2) is 0 Å². The standard InChI is InChI=1S/C20H27BF2N2O2/c1-8-16-11(3)19-18(10-27-15(7)26)20-12(4)17(9-2)14(6)25(20)21(22,23)24(19)13(16)5/h8-10H2,1-7H3. The number of aromatic nitrogens is 1. The number of carbonyl (C=O) groups is 1. The summed E-state index contributed by atoms with van der Waals surface area (Å²) in [7, 11) is 0. The van der Waals surface area contributed by atoms with Gasteiger partial charge in [0.15, 0.2) is 5.70 Å². The summed E-state index contributed by atoms with van der Waals surface area (Å²) < 4.78 is 39.3. The van der Waals surface area contributed by atoms with Crippen molar-refractivity contribution in [2.75, 3.05) is 6.61 Å². The highest BCUT2D eigenvalue weighted by molar-refractivity contribution is 6.58. The molecule has 0 radical (unpaired) electrons. The highest BCUT2D eigenvalue weighted by Crippen LogP contribution is 2.44. The number of carbonyl (C=O) groups excluding carboxylic acids is 1. The molecule has 0 saturated carbocycles. The number of halogens is 2. The molecule has 0 saturated heterocycles. The van der Waals surface area contributed by atoms with Gasteiger partial charge in [-0.3, -0.25) is 4.79 Å². The van der Waals surface area contributed by atoms with Crippen LogP contribution in [-0.4, -0.2) is 34.2 Å². The molecule has 146 valence electrons. The maximum Gasteiger partial charge on any atom is 0.737 e. The molecular formula is C20H27BF2N2O2. The van der Waals surface area contributed by atoms with Crippen molar-refractivity contribution in [1.29, 1.82) is 0 Å². The van der Waals surface area contributed by atoms with Gasteiger partial charge in [-0.2, -0.15) is 0 Å². The molecule has 0 spiro atoms. The summed E-state index contributed by atoms with van der Waals surface area (Å²) in [6.07, 6.45) is 1.36. The van der Waals surface area contributed by atoms with Gasteiger partial charge in [0.2, 0.25) is 0 Å². The molecule has 2 aliphatic rings. The molecule has 3 heterocycles. The van der Waals surface area contributed by atoms with Crippen LogP contribution in [0.3, 0.4) is 0 Å². The Bertz CT molecular complexity index is 952. The second-order valence-corrected chi connectivity index (χ2v) is 7.37. The van der Waals surface area contributed by atoms with Gasteiger partial charge in [0.25, 0.3) is 0 Å². The molecule has 2 aliphatic heterocycles. The number of rotatable bonds is 4. The molecule has 27 heavy (non-hydrogen) atoms. The molecule has 0 unspecified atom stereocenters. The normalized spacial score (nSPS) is 18.3. The molecule has 0 N–H and O–H groups in total. The zero-order chi connectivity index (χ0) is 20.3. The van der Waals surface area contributed by atoms with Crippen LogP contribution in [0, 0.1) is 13.8 Å². The fourth-order valence-corrected chi connectivity index (χ4v) is 4.92. The fourth-order valence-electron chi connectivity index (χ4n) is 4.92. The Morgan fingerprint density at radius 3 is 2.26 bits per heavy atom. The summed E-state index contributed by atoms with van der Waals surface area (Å²) in [6, 6.07) is 0. The lowest BCUT2D eigenvalue weighted by molar-refractivity contribution is -0.364. The molecule has 0 amide bonds. The smallest absolute Gasteiger partial charge is 0.461 e. The minimum absolute atomic E-state index is 0.0115. The average Bonchev–Trinajstić information content (AvgIpc) is 2.99. The Labute approximate surface area is 159 Å². The van der Waals surface area contributed by atoms with Crippen LogP contribution < -0.4 is 0 Å². The second kappa shape index (κ2) is 6.46. The van der Waals surface area contributed by atoms with Crippen LogP contribution in [0.2, 0.25) is 0 Å². The van der Waals surface area contributed by atoms with E-state index >= 15 is 8.63 Å². The number of hydrogen-bond donors (Lipinski definition) is 0. The van der Waals surface area contributed by atoms with E-state index in [-0.39, 0.29) is 6.61 Å². The Hall–Kier alpha value is -2.18. The summed E-state index contributed by atoms with van der Waals surface area (Å²) in [5.74, 6) is -0.420. The first-order valence-electron chi connectivity index (χ1n) is 9.52. The minimum atomic E-state index is -4.02. The Morgan fingerprint density at radius 1 is 1.11 bits per heavy atom. The number of fused-ring (bicyclic) bond motifs is 2. The van der Waals surface area contributed by atoms with Crippen molar-refractivity contribution in [3.05, 3.63) is 39.4 Å². The van der Waals surface area contributed by atoms with E-state index in [9.17, 15) is 4.79 Å². The molecule has 0 aromatic carbocycles. The van der Waals surface area contributed by atoms with Crippen LogP contribution in [-0.2, 0) is 16.0 Å². The average molecular weight is 376 g/mol. The number of esters is 1. The molecule has 7 heteroatoms. The highest BCUT2D eigenvalue weighted by Gasteiger charge is 2.56. The quantitative estimate of drug-likeness (QED) is 0.577. The van der Waals surface area contributed by atoms with E-state index in [2.05, 4.69) is 0 Å². The summed E-state index contributed by atoms with van der Waals surface area (Å²) in [6.45, 7) is 8.55. The van der Waals surface area contributed by atoms with Crippen LogP contribution in [0.5, 0.6) is 0 Å². The lowest BCUT2D eigenvalue weighted by atomic mass is 9.86. The Balaban J connectivity index is 2.44. The SMILES string of the molecule is CCC1=C(C)C2=C(COC(C)=O)c3c(C)c(CC)c(C)n3[B-](F)(F)[N+]2=C1C. The predicted octanol–water partition coefficient (Wildman–Crippen LogP) is 4.39. The number of allylic oxidation sites excluding steroid dienone is 2. The number of ether oxygens (including phenoxy) is 1. The zero-order valence-electron chi connectivity index (χ0n) is 17.2. The van der Waals surface area contributed by atoms with Crippen molar-refractivity contribution in [1.82, 2.24) is 4.48 Å². The first-order valence-corrected chi connectivity index (χ1v) is 9.52. The van der Waals surface area contributed by atoms with Crippen molar-refractivity contribution in [2.45, 2.75) is 61.3 Å². The summed E-state index contributed by atoms with van der Waals surface area (Å²) in [5, 5.41) is 0. The van der Waals surface area contributed by atoms with Gasteiger partial charge in [-0.05, 0) is 50.4 Å². The van der Waals surface area contributed by atoms with Crippen molar-refractivity contribution in [3.8, 4) is 0 Å². The summed E-state index contributed by atoms with van der Waals surface area (Å²) >= 11 is 0. The van der Waals surface area contributed by atoms with Crippen LogP contribution in [0.4, 0.5) is 8.63 Å². The summed E-state index contributed by atoms with van der Waals surface area (Å²) in [4.78, 5) is 11.5. The first kappa shape index (κ1) is 19.6. The summed E-state index contributed by atoms with van der Waals surface area (Å²) in [5.41, 5.74) is 6.42. The maximum atomic E-state index is 15.8. The molecule has 3 rings (SSSR count). The van der Waals surface area contributed by atoms with Gasteiger partial charge in [-0.1, -0.05) is 13.8 Å². The molecule has 1 aromatic heterocycles. The van der Waals surface area contributed by atoms with Crippen molar-refractivity contribution in [2.24, 2.45) is 0 Å². The molecule has 0 atom stereocenters. The third kappa shape index (κ3) is 2.54. The van der Waals surface area contributed by atoms with E-state index in [1.54, 1.807) is 13.8 Å². The third-order valence-electron chi connectivity index (χ3n) is 6.01. The molecule has 0 fully saturated rings. The molecule has 4 nitrogen and oxygen atoms in total. The van der Waals surface area contributed by atoms with Gasteiger partial charge < -0.3 is 22.3 Å². The van der Waals surface area contributed by atoms with E-state index in [4.69, 9.17) is 4.74 Å². The monoisotopic (exact) mass is 376 g/mol. The van der Waals surface area contributed by atoms with Crippen LogP contribution in [0.25, 0.3) is 5.57 Å². The van der Waals surface area contributed by atoms with Crippen LogP contribution in [0.1, 0.15) is 63.6 Å². The predicted molar refractivity (Wildman–Crippen MR) is 104 cm³/mol. The number of nitrogens with zero attached hydrogens (tertiary/aromatic N) is 2. The van der Waals surface area contributed by atoms with Gasteiger partial charge in [0.1, 0.15) is 12.3 Å². The number of hydrogen-bond acceptors (Lipinski definition) is 2. The molecule has 0 bridgehead atoms. The minimum Gasteiger partial charge on any atom is -0.461 e. The van der Waals surface area contributed by atoms with E-state index in [0.717, 1.165) is 22.3 Å². The topological polar surface area (TPSA) is 34.2 Å². The maximum absolute atomic E-state index is 15.8. The lowest BCUT2D eigenvalue weighted by Crippen LogP contribution is -2.52. The fraction of sp³-hybridized carbons (Fsp3) is 0.500. The van der Waals surface area contributed by atoms with E-state index in [1.165, 1.54) is 15.9 Å². The van der Waals surface area contributed by atoms with E-state index in [1.807, 2.05) is 27.7 Å². The molecule has 0 aliphatic carbocycles. The van der Waals surface area contributed by atoms with Gasteiger partial charge in [-0.15, -0.1) is 0 Å². The van der Waals surface area contributed by atoms with Crippen molar-refractivity contribution < 1.29 is 22.6 Å². The van der Waals surface area contributed by atoms with Gasteiger partial charge in [0, 0.05) is 30.7 Å². The van der Waals surface area contributed by atoms with Crippen LogP contribution in [0.15, 0.2) is 16.8 Å². The lowest BCUT2D eigenvalue weighted by Gasteiger charge is -2.33. The van der Waals surface area contributed by atoms with Crippen molar-refractivity contribution in [3.63, 3.8) is 0 Å². The largest absolute Gasteiger partial charge is 0.737 e. The molecular weight excluding hydrogens is 349 g/mol. The molecule has 1 aromatic rings. The second-order valence-electron chi connectivity index (χ2n) is 7.37. The van der Waals surface area contributed by atoms with Crippen molar-refractivity contribution >= 4 is 24.2 Å². The third-order valence-corrected chi connectivity index (χ3v) is 6.01. The Kier molecular flexibility index (Phi) is 4.69. The zero-order valence-corrected chi connectivity index (χ0v) is 17.2. The first-order chi connectivity index (χ1) is 12.6. The van der Waals surface area contributed by atoms with Gasteiger partial charge >= 0.3 is 12.9 Å².